The molecule has 3 atom stereocenters. The van der Waals surface area contributed by atoms with Crippen LogP contribution in [-0.4, -0.2) is 56.7 Å². The van der Waals surface area contributed by atoms with E-state index in [9.17, 15) is 29.7 Å². The van der Waals surface area contributed by atoms with Gasteiger partial charge in [-0.15, -0.1) is 0 Å². The summed E-state index contributed by atoms with van der Waals surface area (Å²) >= 11 is 0. The van der Waals surface area contributed by atoms with Crippen molar-refractivity contribution in [2.45, 2.75) is 31.3 Å². The van der Waals surface area contributed by atoms with Crippen molar-refractivity contribution in [3.63, 3.8) is 0 Å². The van der Waals surface area contributed by atoms with Gasteiger partial charge in [0.15, 0.2) is 11.4 Å². The summed E-state index contributed by atoms with van der Waals surface area (Å²) in [4.78, 5) is 37.3. The van der Waals surface area contributed by atoms with E-state index in [4.69, 9.17) is 15.6 Å². The molecule has 0 heterocycles. The van der Waals surface area contributed by atoms with E-state index < -0.39 is 46.2 Å². The molecule has 1 aromatic carbocycles. The zero-order chi connectivity index (χ0) is 22.5. The van der Waals surface area contributed by atoms with Crippen LogP contribution in [-0.2, 0) is 20.8 Å². The van der Waals surface area contributed by atoms with Gasteiger partial charge < -0.3 is 30.9 Å². The van der Waals surface area contributed by atoms with Gasteiger partial charge in [-0.2, -0.15) is 0 Å². The first-order valence-electron chi connectivity index (χ1n) is 10.0. The van der Waals surface area contributed by atoms with Gasteiger partial charge in [-0.25, -0.2) is 0 Å². The SMILES string of the molecule is NC(=O)C1=C(O)C2(O)C(=O)C3=C(O)c4c(cccc4OCCCO)CC3CC2CC1=O. The highest BCUT2D eigenvalue weighted by Crippen LogP contribution is 2.51. The summed E-state index contributed by atoms with van der Waals surface area (Å²) in [7, 11) is 0. The van der Waals surface area contributed by atoms with Crippen LogP contribution in [0.15, 0.2) is 35.1 Å². The lowest BCUT2D eigenvalue weighted by Gasteiger charge is -2.46. The molecule has 31 heavy (non-hydrogen) atoms. The Morgan fingerprint density at radius 1 is 1.23 bits per heavy atom. The van der Waals surface area contributed by atoms with Crippen LogP contribution in [0.4, 0.5) is 0 Å². The number of carbonyl (C=O) groups excluding carboxylic acids is 3. The van der Waals surface area contributed by atoms with Crippen LogP contribution in [0.1, 0.15) is 30.4 Å². The molecule has 1 fully saturated rings. The summed E-state index contributed by atoms with van der Waals surface area (Å²) in [6.45, 7) is 0.135. The number of nitrogens with two attached hydrogens (primary N) is 1. The smallest absolute Gasteiger partial charge is 0.255 e. The van der Waals surface area contributed by atoms with Crippen LogP contribution in [0.5, 0.6) is 5.75 Å². The van der Waals surface area contributed by atoms with Crippen molar-refractivity contribution in [3.8, 4) is 5.75 Å². The van der Waals surface area contributed by atoms with Crippen molar-refractivity contribution in [3.05, 3.63) is 46.2 Å². The largest absolute Gasteiger partial charge is 0.508 e. The Labute approximate surface area is 177 Å². The number of aliphatic hydroxyl groups excluding tert-OH is 3. The van der Waals surface area contributed by atoms with Crippen molar-refractivity contribution < 1.29 is 39.5 Å². The van der Waals surface area contributed by atoms with Crippen molar-refractivity contribution >= 4 is 23.2 Å². The first kappa shape index (κ1) is 21.1. The summed E-state index contributed by atoms with van der Waals surface area (Å²) in [6, 6.07) is 5.17. The highest BCUT2D eigenvalue weighted by Gasteiger charge is 2.60. The molecule has 0 aliphatic heterocycles. The summed E-state index contributed by atoms with van der Waals surface area (Å²) in [5.41, 5.74) is 2.86. The monoisotopic (exact) mass is 429 g/mol. The predicted molar refractivity (Wildman–Crippen MR) is 107 cm³/mol. The number of ketones is 2. The lowest BCUT2D eigenvalue weighted by atomic mass is 9.59. The summed E-state index contributed by atoms with van der Waals surface area (Å²) in [5.74, 6) is -5.41. The minimum Gasteiger partial charge on any atom is -0.508 e. The first-order valence-corrected chi connectivity index (χ1v) is 10.0. The van der Waals surface area contributed by atoms with E-state index in [1.807, 2.05) is 0 Å². The Bertz CT molecular complexity index is 1060. The maximum absolute atomic E-state index is 13.4. The van der Waals surface area contributed by atoms with Crippen LogP contribution in [0, 0.1) is 11.8 Å². The van der Waals surface area contributed by atoms with E-state index in [1.54, 1.807) is 18.2 Å². The summed E-state index contributed by atoms with van der Waals surface area (Å²) < 4.78 is 5.65. The third-order valence-corrected chi connectivity index (χ3v) is 6.34. The molecule has 3 aliphatic carbocycles. The average molecular weight is 429 g/mol. The molecule has 0 radical (unpaired) electrons. The number of ether oxygens (including phenoxy) is 1. The van der Waals surface area contributed by atoms with E-state index in [-0.39, 0.29) is 37.4 Å². The highest BCUT2D eigenvalue weighted by molar-refractivity contribution is 6.22. The minimum absolute atomic E-state index is 0.0659. The summed E-state index contributed by atoms with van der Waals surface area (Å²) in [6.07, 6.45) is 0.586. The molecule has 0 saturated heterocycles. The van der Waals surface area contributed by atoms with Crippen LogP contribution >= 0.6 is 0 Å². The second kappa shape index (κ2) is 7.51. The Morgan fingerprint density at radius 2 is 1.97 bits per heavy atom. The molecular formula is C22H23NO8. The fourth-order valence-electron chi connectivity index (χ4n) is 4.91. The topological polar surface area (TPSA) is 167 Å². The van der Waals surface area contributed by atoms with Crippen LogP contribution in [0.2, 0.25) is 0 Å². The van der Waals surface area contributed by atoms with Crippen molar-refractivity contribution in [2.24, 2.45) is 17.6 Å². The van der Waals surface area contributed by atoms with Crippen LogP contribution in [0.3, 0.4) is 0 Å². The number of benzene rings is 1. The Hall–Kier alpha value is -3.17. The molecule has 9 heteroatoms. The van der Waals surface area contributed by atoms with E-state index in [0.717, 1.165) is 5.56 Å². The van der Waals surface area contributed by atoms with Crippen molar-refractivity contribution in [2.75, 3.05) is 13.2 Å². The normalized spacial score (nSPS) is 27.5. The number of carbonyl (C=O) groups is 3. The van der Waals surface area contributed by atoms with Crippen LogP contribution < -0.4 is 10.5 Å². The van der Waals surface area contributed by atoms with Gasteiger partial charge in [0.05, 0.1) is 12.2 Å². The number of hydrogen-bond donors (Lipinski definition) is 5. The van der Waals surface area contributed by atoms with E-state index >= 15 is 0 Å². The molecule has 0 bridgehead atoms. The standard InChI is InChI=1S/C22H23NO8/c23-21(29)17-13(25)9-12-8-11-7-10-3-1-4-14(31-6-2-5-24)15(10)18(26)16(11)19(27)22(12,30)20(17)28/h1,3-4,11-12,24,26,28,30H,2,5-9H2,(H2,23,29). The van der Waals surface area contributed by atoms with Crippen molar-refractivity contribution in [1.29, 1.82) is 0 Å². The van der Waals surface area contributed by atoms with Crippen molar-refractivity contribution in [1.82, 2.24) is 0 Å². The highest BCUT2D eigenvalue weighted by atomic mass is 16.5. The molecule has 1 amide bonds. The van der Waals surface area contributed by atoms with Gasteiger partial charge >= 0.3 is 0 Å². The number of primary amides is 1. The maximum atomic E-state index is 13.4. The molecule has 164 valence electrons. The second-order valence-electron chi connectivity index (χ2n) is 8.12. The zero-order valence-corrected chi connectivity index (χ0v) is 16.6. The molecule has 3 unspecified atom stereocenters. The molecule has 9 nitrogen and oxygen atoms in total. The molecule has 1 saturated carbocycles. The van der Waals surface area contributed by atoms with Gasteiger partial charge in [0.1, 0.15) is 22.8 Å². The molecule has 0 aromatic heterocycles. The van der Waals surface area contributed by atoms with Gasteiger partial charge in [0.25, 0.3) is 5.91 Å². The number of fused-ring (bicyclic) bond motifs is 3. The fourth-order valence-corrected chi connectivity index (χ4v) is 4.91. The lowest BCUT2D eigenvalue weighted by Crippen LogP contribution is -2.58. The Kier molecular flexibility index (Phi) is 5.10. The minimum atomic E-state index is -2.51. The molecule has 3 aliphatic rings. The lowest BCUT2D eigenvalue weighted by molar-refractivity contribution is -0.147. The maximum Gasteiger partial charge on any atom is 0.255 e. The number of Topliss-reactive ketones (excluding diaryl/α,β-unsaturated/α-hetero) is 2. The predicted octanol–water partition coefficient (Wildman–Crippen LogP) is 0.479. The van der Waals surface area contributed by atoms with E-state index in [1.165, 1.54) is 0 Å². The number of aliphatic hydroxyl groups is 4. The zero-order valence-electron chi connectivity index (χ0n) is 16.6. The Balaban J connectivity index is 1.83. The van der Waals surface area contributed by atoms with Gasteiger partial charge in [0.2, 0.25) is 5.78 Å². The third kappa shape index (κ3) is 3.03. The number of rotatable bonds is 5. The Morgan fingerprint density at radius 3 is 2.65 bits per heavy atom. The van der Waals surface area contributed by atoms with E-state index in [2.05, 4.69) is 0 Å². The number of hydrogen-bond acceptors (Lipinski definition) is 8. The van der Waals surface area contributed by atoms with Gasteiger partial charge in [0, 0.05) is 30.9 Å². The second-order valence-corrected chi connectivity index (χ2v) is 8.12. The molecule has 1 aromatic rings. The third-order valence-electron chi connectivity index (χ3n) is 6.34. The molecule has 0 spiro atoms. The molecule has 6 N–H and O–H groups in total. The van der Waals surface area contributed by atoms with E-state index in [0.29, 0.717) is 24.2 Å². The average Bonchev–Trinajstić information content (AvgIpc) is 2.70. The summed E-state index contributed by atoms with van der Waals surface area (Å²) in [5, 5.41) is 41.7. The van der Waals surface area contributed by atoms with Crippen LogP contribution in [0.25, 0.3) is 5.76 Å². The quantitative estimate of drug-likeness (QED) is 0.333. The molecular weight excluding hydrogens is 406 g/mol. The fraction of sp³-hybridized carbons (Fsp3) is 0.409. The number of amides is 1. The van der Waals surface area contributed by atoms with Gasteiger partial charge in [-0.1, -0.05) is 12.1 Å². The van der Waals surface area contributed by atoms with Gasteiger partial charge in [-0.05, 0) is 30.4 Å². The molecule has 4 rings (SSSR count). The van der Waals surface area contributed by atoms with Gasteiger partial charge in [-0.3, -0.25) is 14.4 Å². The first-order chi connectivity index (χ1) is 14.7.